The Balaban J connectivity index is 1.65. The number of amides is 2. The van der Waals surface area contributed by atoms with Crippen LogP contribution in [0.2, 0.25) is 0 Å². The Morgan fingerprint density at radius 2 is 2.39 bits per heavy atom. The molecule has 7 heteroatoms. The second-order valence-corrected chi connectivity index (χ2v) is 5.52. The van der Waals surface area contributed by atoms with Crippen LogP contribution in [-0.4, -0.2) is 47.4 Å². The summed E-state index contributed by atoms with van der Waals surface area (Å²) in [7, 11) is 0. The van der Waals surface area contributed by atoms with Crippen LogP contribution in [0.5, 0.6) is 0 Å². The molecule has 1 unspecified atom stereocenters. The number of hydrogen-bond acceptors (Lipinski definition) is 5. The summed E-state index contributed by atoms with van der Waals surface area (Å²) < 4.78 is 10.6. The van der Waals surface area contributed by atoms with Gasteiger partial charge in [-0.05, 0) is 31.5 Å². The number of carbonyl (C=O) groups is 1. The fourth-order valence-corrected chi connectivity index (χ4v) is 2.63. The Morgan fingerprint density at radius 1 is 1.48 bits per heavy atom. The van der Waals surface area contributed by atoms with Gasteiger partial charge in [-0.15, -0.1) is 10.2 Å². The predicted molar refractivity (Wildman–Crippen MR) is 84.9 cm³/mol. The van der Waals surface area contributed by atoms with Crippen LogP contribution in [0.1, 0.15) is 13.3 Å². The molecule has 2 aromatic rings. The van der Waals surface area contributed by atoms with E-state index in [0.717, 1.165) is 25.2 Å². The summed E-state index contributed by atoms with van der Waals surface area (Å²) in [5.74, 6) is 0.849. The first-order valence-corrected chi connectivity index (χ1v) is 7.76. The first kappa shape index (κ1) is 15.5. The molecule has 0 bridgehead atoms. The van der Waals surface area contributed by atoms with Gasteiger partial charge in [-0.3, -0.25) is 0 Å². The van der Waals surface area contributed by atoms with E-state index >= 15 is 0 Å². The molecule has 0 saturated carbocycles. The van der Waals surface area contributed by atoms with E-state index in [1.54, 1.807) is 4.90 Å². The first-order valence-electron chi connectivity index (χ1n) is 7.76. The van der Waals surface area contributed by atoms with Gasteiger partial charge in [-0.2, -0.15) is 0 Å². The third kappa shape index (κ3) is 3.87. The van der Waals surface area contributed by atoms with E-state index in [1.165, 1.54) is 6.39 Å². The lowest BCUT2D eigenvalue weighted by atomic mass is 10.1. The molecule has 1 atom stereocenters. The Morgan fingerprint density at radius 3 is 3.09 bits per heavy atom. The van der Waals surface area contributed by atoms with Crippen molar-refractivity contribution in [1.29, 1.82) is 0 Å². The number of rotatable bonds is 5. The summed E-state index contributed by atoms with van der Waals surface area (Å²) in [5.41, 5.74) is 1.47. The fourth-order valence-electron chi connectivity index (χ4n) is 2.63. The number of nitrogens with zero attached hydrogens (tertiary/aromatic N) is 3. The monoisotopic (exact) mass is 316 g/mol. The van der Waals surface area contributed by atoms with Gasteiger partial charge in [0, 0.05) is 36.9 Å². The Kier molecular flexibility index (Phi) is 4.87. The summed E-state index contributed by atoms with van der Waals surface area (Å²) in [6.07, 6.45) is 2.29. The molecule has 1 aliphatic rings. The van der Waals surface area contributed by atoms with Gasteiger partial charge >= 0.3 is 6.03 Å². The van der Waals surface area contributed by atoms with Crippen molar-refractivity contribution in [3.8, 4) is 11.5 Å². The summed E-state index contributed by atoms with van der Waals surface area (Å²) in [6.45, 7) is 4.87. The van der Waals surface area contributed by atoms with Crippen molar-refractivity contribution < 1.29 is 13.9 Å². The lowest BCUT2D eigenvalue weighted by Crippen LogP contribution is -2.38. The number of nitrogens with one attached hydrogen (secondary N) is 1. The van der Waals surface area contributed by atoms with E-state index in [-0.39, 0.29) is 6.03 Å². The third-order valence-corrected chi connectivity index (χ3v) is 3.89. The molecule has 1 N–H and O–H groups in total. The van der Waals surface area contributed by atoms with Crippen molar-refractivity contribution in [2.75, 3.05) is 31.6 Å². The second kappa shape index (κ2) is 7.23. The molecule has 1 aliphatic heterocycles. The van der Waals surface area contributed by atoms with E-state index in [9.17, 15) is 4.79 Å². The molecule has 23 heavy (non-hydrogen) atoms. The van der Waals surface area contributed by atoms with Gasteiger partial charge in [-0.1, -0.05) is 6.07 Å². The fraction of sp³-hybridized carbons (Fsp3) is 0.438. The van der Waals surface area contributed by atoms with Crippen molar-refractivity contribution in [1.82, 2.24) is 15.1 Å². The van der Waals surface area contributed by atoms with Gasteiger partial charge in [0.15, 0.2) is 0 Å². The van der Waals surface area contributed by atoms with E-state index < -0.39 is 0 Å². The number of urea groups is 1. The molecule has 1 aromatic heterocycles. The average molecular weight is 316 g/mol. The second-order valence-electron chi connectivity index (χ2n) is 5.52. The zero-order valence-electron chi connectivity index (χ0n) is 13.1. The summed E-state index contributed by atoms with van der Waals surface area (Å²) in [4.78, 5) is 14.3. The van der Waals surface area contributed by atoms with Crippen LogP contribution in [0.15, 0.2) is 35.1 Å². The highest BCUT2D eigenvalue weighted by Crippen LogP contribution is 2.21. The van der Waals surface area contributed by atoms with Crippen LogP contribution in [-0.2, 0) is 4.74 Å². The van der Waals surface area contributed by atoms with Gasteiger partial charge in [0.25, 0.3) is 0 Å². The quantitative estimate of drug-likeness (QED) is 0.917. The lowest BCUT2D eigenvalue weighted by molar-refractivity contribution is 0.171. The maximum Gasteiger partial charge on any atom is 0.321 e. The van der Waals surface area contributed by atoms with Crippen LogP contribution in [0.3, 0.4) is 0 Å². The third-order valence-electron chi connectivity index (χ3n) is 3.89. The highest BCUT2D eigenvalue weighted by Gasteiger charge is 2.21. The van der Waals surface area contributed by atoms with E-state index in [4.69, 9.17) is 9.15 Å². The number of anilines is 1. The zero-order chi connectivity index (χ0) is 16.1. The largest absolute Gasteiger partial charge is 0.423 e. The molecular weight excluding hydrogens is 296 g/mol. The van der Waals surface area contributed by atoms with Gasteiger partial charge in [0.1, 0.15) is 0 Å². The zero-order valence-corrected chi connectivity index (χ0v) is 13.1. The van der Waals surface area contributed by atoms with E-state index in [2.05, 4.69) is 15.5 Å². The minimum atomic E-state index is -0.109. The van der Waals surface area contributed by atoms with Crippen molar-refractivity contribution in [3.05, 3.63) is 30.7 Å². The molecule has 1 saturated heterocycles. The van der Waals surface area contributed by atoms with Crippen LogP contribution in [0.25, 0.3) is 11.5 Å². The molecular formula is C16H20N4O3. The number of hydrogen-bond donors (Lipinski definition) is 1. The topological polar surface area (TPSA) is 80.5 Å². The van der Waals surface area contributed by atoms with Crippen LogP contribution in [0, 0.1) is 5.92 Å². The Labute approximate surface area is 134 Å². The summed E-state index contributed by atoms with van der Waals surface area (Å²) in [5, 5.41) is 10.5. The van der Waals surface area contributed by atoms with E-state index in [0.29, 0.717) is 30.6 Å². The minimum Gasteiger partial charge on any atom is -0.423 e. The average Bonchev–Trinajstić information content (AvgIpc) is 3.26. The van der Waals surface area contributed by atoms with Crippen molar-refractivity contribution >= 4 is 11.7 Å². The number of ether oxygens (including phenoxy) is 1. The molecule has 122 valence electrons. The van der Waals surface area contributed by atoms with Crippen LogP contribution >= 0.6 is 0 Å². The normalized spacial score (nSPS) is 17.2. The SMILES string of the molecule is CCN(CC1CCOC1)C(=O)Nc1cccc(-c2nnco2)c1. The number of carbonyl (C=O) groups excluding carboxylic acids is 1. The van der Waals surface area contributed by atoms with Crippen molar-refractivity contribution in [2.24, 2.45) is 5.92 Å². The van der Waals surface area contributed by atoms with Gasteiger partial charge < -0.3 is 19.4 Å². The summed E-state index contributed by atoms with van der Waals surface area (Å²) in [6, 6.07) is 7.25. The highest BCUT2D eigenvalue weighted by atomic mass is 16.5. The van der Waals surface area contributed by atoms with E-state index in [1.807, 2.05) is 31.2 Å². The smallest absolute Gasteiger partial charge is 0.321 e. The maximum absolute atomic E-state index is 12.5. The molecule has 7 nitrogen and oxygen atoms in total. The molecule has 1 aromatic carbocycles. The first-order chi connectivity index (χ1) is 11.3. The Hall–Kier alpha value is -2.41. The van der Waals surface area contributed by atoms with Crippen LogP contribution in [0.4, 0.5) is 10.5 Å². The molecule has 0 radical (unpaired) electrons. The van der Waals surface area contributed by atoms with Crippen molar-refractivity contribution in [3.63, 3.8) is 0 Å². The molecule has 1 fully saturated rings. The van der Waals surface area contributed by atoms with Gasteiger partial charge in [-0.25, -0.2) is 4.79 Å². The highest BCUT2D eigenvalue weighted by molar-refractivity contribution is 5.90. The van der Waals surface area contributed by atoms with Crippen LogP contribution < -0.4 is 5.32 Å². The Bertz CT molecular complexity index is 639. The lowest BCUT2D eigenvalue weighted by Gasteiger charge is -2.24. The standard InChI is InChI=1S/C16H20N4O3/c1-2-20(9-12-6-7-22-10-12)16(21)18-14-5-3-4-13(8-14)15-19-17-11-23-15/h3-5,8,11-12H,2,6-7,9-10H2,1H3,(H,18,21). The maximum atomic E-state index is 12.5. The number of benzene rings is 1. The molecule has 3 rings (SSSR count). The minimum absolute atomic E-state index is 0.109. The predicted octanol–water partition coefficient (Wildman–Crippen LogP) is 2.63. The molecule has 0 aliphatic carbocycles. The summed E-state index contributed by atoms with van der Waals surface area (Å²) >= 11 is 0. The van der Waals surface area contributed by atoms with Gasteiger partial charge in [0.05, 0.1) is 6.61 Å². The molecule has 2 amide bonds. The molecule has 2 heterocycles. The van der Waals surface area contributed by atoms with Gasteiger partial charge in [0.2, 0.25) is 12.3 Å². The molecule has 0 spiro atoms. The van der Waals surface area contributed by atoms with Crippen molar-refractivity contribution in [2.45, 2.75) is 13.3 Å². The number of aromatic nitrogens is 2.